The molecule has 0 fully saturated rings. The van der Waals surface area contributed by atoms with Gasteiger partial charge in [-0.2, -0.15) is 0 Å². The highest BCUT2D eigenvalue weighted by molar-refractivity contribution is 6.31. The van der Waals surface area contributed by atoms with Gasteiger partial charge in [0.25, 0.3) is 0 Å². The summed E-state index contributed by atoms with van der Waals surface area (Å²) in [4.78, 5) is 4.51. The molecule has 5 heteroatoms. The third-order valence-corrected chi connectivity index (χ3v) is 2.82. The van der Waals surface area contributed by atoms with Crippen molar-refractivity contribution in [2.24, 2.45) is 0 Å². The van der Waals surface area contributed by atoms with Crippen molar-refractivity contribution >= 4 is 22.6 Å². The zero-order chi connectivity index (χ0) is 12.3. The number of ether oxygens (including phenoxy) is 2. The number of hydrogen-bond donors (Lipinski definition) is 0. The predicted molar refractivity (Wildman–Crippen MR) is 67.3 cm³/mol. The van der Waals surface area contributed by atoms with Gasteiger partial charge in [-0.05, 0) is 18.2 Å². The van der Waals surface area contributed by atoms with Gasteiger partial charge in [-0.3, -0.25) is 0 Å². The Morgan fingerprint density at radius 1 is 1.29 bits per heavy atom. The molecule has 92 valence electrons. The van der Waals surface area contributed by atoms with E-state index in [1.54, 1.807) is 14.2 Å². The van der Waals surface area contributed by atoms with Crippen molar-refractivity contribution in [3.63, 3.8) is 0 Å². The molecule has 1 aromatic carbocycles. The molecule has 0 aliphatic heterocycles. The van der Waals surface area contributed by atoms with E-state index in [1.807, 2.05) is 18.2 Å². The molecule has 4 nitrogen and oxygen atoms in total. The monoisotopic (exact) mass is 254 g/mol. The molecular weight excluding hydrogens is 240 g/mol. The molecule has 0 aliphatic carbocycles. The number of methoxy groups -OCH3 is 2. The summed E-state index contributed by atoms with van der Waals surface area (Å²) in [5.74, 6) is 0.891. The molecule has 0 N–H and O–H groups in total. The molecule has 0 unspecified atom stereocenters. The van der Waals surface area contributed by atoms with Crippen molar-refractivity contribution in [2.45, 2.75) is 13.2 Å². The maximum atomic E-state index is 5.96. The van der Waals surface area contributed by atoms with Crippen molar-refractivity contribution in [2.75, 3.05) is 20.8 Å². The second-order valence-corrected chi connectivity index (χ2v) is 4.17. The first-order chi connectivity index (χ1) is 8.26. The number of fused-ring (bicyclic) bond motifs is 1. The lowest BCUT2D eigenvalue weighted by Crippen LogP contribution is -2.08. The molecule has 0 spiro atoms. The molecule has 0 atom stereocenters. The number of halogens is 1. The first kappa shape index (κ1) is 12.4. The summed E-state index contributed by atoms with van der Waals surface area (Å²) in [7, 11) is 3.35. The molecule has 0 amide bonds. The highest BCUT2D eigenvalue weighted by Crippen LogP contribution is 2.21. The average Bonchev–Trinajstić information content (AvgIpc) is 2.63. The van der Waals surface area contributed by atoms with Crippen LogP contribution >= 0.6 is 11.6 Å². The van der Waals surface area contributed by atoms with Crippen molar-refractivity contribution in [1.82, 2.24) is 9.55 Å². The van der Waals surface area contributed by atoms with Gasteiger partial charge in [0.2, 0.25) is 0 Å². The fraction of sp³-hybridized carbons (Fsp3) is 0.417. The SMILES string of the molecule is COCCn1c(COC)nc2cc(Cl)ccc21. The molecular formula is C12H15ClN2O2. The second kappa shape index (κ2) is 5.49. The van der Waals surface area contributed by atoms with E-state index in [2.05, 4.69) is 9.55 Å². The van der Waals surface area contributed by atoms with Gasteiger partial charge in [0, 0.05) is 25.8 Å². The van der Waals surface area contributed by atoms with E-state index in [-0.39, 0.29) is 0 Å². The molecule has 2 aromatic rings. The Hall–Kier alpha value is -1.10. The number of imidazole rings is 1. The zero-order valence-corrected chi connectivity index (χ0v) is 10.7. The van der Waals surface area contributed by atoms with Crippen LogP contribution < -0.4 is 0 Å². The summed E-state index contributed by atoms with van der Waals surface area (Å²) in [5.41, 5.74) is 1.94. The Bertz CT molecular complexity index is 510. The third-order valence-electron chi connectivity index (χ3n) is 2.58. The molecule has 17 heavy (non-hydrogen) atoms. The van der Waals surface area contributed by atoms with E-state index in [1.165, 1.54) is 0 Å². The minimum atomic E-state index is 0.482. The standard InChI is InChI=1S/C12H15ClN2O2/c1-16-6-5-15-11-4-3-9(13)7-10(11)14-12(15)8-17-2/h3-4,7H,5-6,8H2,1-2H3. The van der Waals surface area contributed by atoms with Gasteiger partial charge in [0.05, 0.1) is 17.6 Å². The Morgan fingerprint density at radius 3 is 2.82 bits per heavy atom. The van der Waals surface area contributed by atoms with Crippen LogP contribution in [0.4, 0.5) is 0 Å². The zero-order valence-electron chi connectivity index (χ0n) is 9.94. The van der Waals surface area contributed by atoms with E-state index in [9.17, 15) is 0 Å². The largest absolute Gasteiger partial charge is 0.383 e. The Kier molecular flexibility index (Phi) is 3.99. The summed E-state index contributed by atoms with van der Waals surface area (Å²) >= 11 is 5.96. The summed E-state index contributed by atoms with van der Waals surface area (Å²) in [6.45, 7) is 1.88. The van der Waals surface area contributed by atoms with E-state index in [4.69, 9.17) is 21.1 Å². The van der Waals surface area contributed by atoms with Gasteiger partial charge in [-0.1, -0.05) is 11.6 Å². The lowest BCUT2D eigenvalue weighted by Gasteiger charge is -2.07. The molecule has 0 saturated heterocycles. The first-order valence-electron chi connectivity index (χ1n) is 5.39. The normalized spacial score (nSPS) is 11.2. The number of aromatic nitrogens is 2. The van der Waals surface area contributed by atoms with Crippen LogP contribution in [0.1, 0.15) is 5.82 Å². The predicted octanol–water partition coefficient (Wildman–Crippen LogP) is 2.48. The summed E-state index contributed by atoms with van der Waals surface area (Å²) in [6, 6.07) is 5.70. The molecule has 0 saturated carbocycles. The average molecular weight is 255 g/mol. The van der Waals surface area contributed by atoms with E-state index in [0.717, 1.165) is 23.4 Å². The first-order valence-corrected chi connectivity index (χ1v) is 5.76. The Morgan fingerprint density at radius 2 is 2.12 bits per heavy atom. The quantitative estimate of drug-likeness (QED) is 0.823. The summed E-state index contributed by atoms with van der Waals surface area (Å²) < 4.78 is 12.4. The van der Waals surface area contributed by atoms with Crippen LogP contribution in [0.3, 0.4) is 0 Å². The number of hydrogen-bond acceptors (Lipinski definition) is 3. The van der Waals surface area contributed by atoms with E-state index >= 15 is 0 Å². The third kappa shape index (κ3) is 2.60. The number of nitrogens with zero attached hydrogens (tertiary/aromatic N) is 2. The van der Waals surface area contributed by atoms with Gasteiger partial charge in [0.15, 0.2) is 0 Å². The lowest BCUT2D eigenvalue weighted by atomic mass is 10.3. The molecule has 0 bridgehead atoms. The maximum absolute atomic E-state index is 5.96. The highest BCUT2D eigenvalue weighted by Gasteiger charge is 2.10. The molecule has 1 heterocycles. The fourth-order valence-corrected chi connectivity index (χ4v) is 1.99. The van der Waals surface area contributed by atoms with Gasteiger partial charge in [-0.15, -0.1) is 0 Å². The van der Waals surface area contributed by atoms with Crippen LogP contribution in [0, 0.1) is 0 Å². The fourth-order valence-electron chi connectivity index (χ4n) is 1.82. The van der Waals surface area contributed by atoms with Crippen LogP contribution in [-0.4, -0.2) is 30.4 Å². The molecule has 0 aliphatic rings. The Labute approximate surface area is 105 Å². The minimum absolute atomic E-state index is 0.482. The van der Waals surface area contributed by atoms with Crippen LogP contribution in [0.5, 0.6) is 0 Å². The van der Waals surface area contributed by atoms with Gasteiger partial charge < -0.3 is 14.0 Å². The summed E-state index contributed by atoms with van der Waals surface area (Å²) in [5, 5.41) is 0.692. The number of rotatable bonds is 5. The van der Waals surface area contributed by atoms with Gasteiger partial charge in [-0.25, -0.2) is 4.98 Å². The van der Waals surface area contributed by atoms with Gasteiger partial charge >= 0.3 is 0 Å². The second-order valence-electron chi connectivity index (χ2n) is 3.74. The van der Waals surface area contributed by atoms with Crippen molar-refractivity contribution in [1.29, 1.82) is 0 Å². The molecule has 1 aromatic heterocycles. The highest BCUT2D eigenvalue weighted by atomic mass is 35.5. The summed E-state index contributed by atoms with van der Waals surface area (Å²) in [6.07, 6.45) is 0. The van der Waals surface area contributed by atoms with Crippen molar-refractivity contribution < 1.29 is 9.47 Å². The maximum Gasteiger partial charge on any atom is 0.136 e. The van der Waals surface area contributed by atoms with Crippen LogP contribution in [0.15, 0.2) is 18.2 Å². The van der Waals surface area contributed by atoms with Gasteiger partial charge in [0.1, 0.15) is 12.4 Å². The lowest BCUT2D eigenvalue weighted by molar-refractivity contribution is 0.164. The van der Waals surface area contributed by atoms with Crippen molar-refractivity contribution in [3.05, 3.63) is 29.0 Å². The number of benzene rings is 1. The van der Waals surface area contributed by atoms with E-state index < -0.39 is 0 Å². The minimum Gasteiger partial charge on any atom is -0.383 e. The van der Waals surface area contributed by atoms with Crippen molar-refractivity contribution in [3.8, 4) is 0 Å². The molecule has 2 rings (SSSR count). The van der Waals surface area contributed by atoms with Crippen LogP contribution in [0.2, 0.25) is 5.02 Å². The Balaban J connectivity index is 2.46. The topological polar surface area (TPSA) is 36.3 Å². The van der Waals surface area contributed by atoms with Crippen LogP contribution in [0.25, 0.3) is 11.0 Å². The van der Waals surface area contributed by atoms with E-state index in [0.29, 0.717) is 18.2 Å². The smallest absolute Gasteiger partial charge is 0.136 e. The van der Waals surface area contributed by atoms with Crippen LogP contribution in [-0.2, 0) is 22.6 Å². The molecule has 0 radical (unpaired) electrons.